The van der Waals surface area contributed by atoms with Crippen molar-refractivity contribution in [2.45, 2.75) is 58.3 Å². The van der Waals surface area contributed by atoms with Crippen LogP contribution < -0.4 is 4.74 Å². The van der Waals surface area contributed by atoms with Crippen LogP contribution in [-0.4, -0.2) is 22.9 Å². The van der Waals surface area contributed by atoms with E-state index in [2.05, 4.69) is 27.7 Å². The molecular weight excluding hydrogens is 252 g/mol. The van der Waals surface area contributed by atoms with Gasteiger partial charge in [-0.25, -0.2) is 0 Å². The number of benzene rings is 1. The standard InChI is InChI=1S/C17H26O3/c1-6-19-13-9-7-8-12(10-13)15(18)14-11-16(2,3)20-17(14,4)5/h7-10,14-15,18H,6,11H2,1-5H3. The predicted octanol–water partition coefficient (Wildman–Crippen LogP) is 3.71. The molecule has 1 N–H and O–H groups in total. The highest BCUT2D eigenvalue weighted by atomic mass is 16.5. The number of aliphatic hydroxyl groups is 1. The summed E-state index contributed by atoms with van der Waals surface area (Å²) in [6.07, 6.45) is 0.312. The zero-order chi connectivity index (χ0) is 15.0. The summed E-state index contributed by atoms with van der Waals surface area (Å²) in [5.41, 5.74) is 0.382. The minimum absolute atomic E-state index is 0.0781. The quantitative estimate of drug-likeness (QED) is 0.912. The summed E-state index contributed by atoms with van der Waals surface area (Å²) in [5.74, 6) is 0.884. The highest BCUT2D eigenvalue weighted by molar-refractivity contribution is 5.30. The molecule has 0 aliphatic carbocycles. The lowest BCUT2D eigenvalue weighted by Gasteiger charge is -2.30. The molecule has 20 heavy (non-hydrogen) atoms. The largest absolute Gasteiger partial charge is 0.494 e. The van der Waals surface area contributed by atoms with Gasteiger partial charge in [-0.15, -0.1) is 0 Å². The molecule has 0 bridgehead atoms. The fourth-order valence-corrected chi connectivity index (χ4v) is 3.28. The number of rotatable bonds is 4. The second-order valence-electron chi connectivity index (χ2n) is 6.73. The molecule has 1 aliphatic rings. The first-order valence-corrected chi connectivity index (χ1v) is 7.36. The zero-order valence-electron chi connectivity index (χ0n) is 13.1. The predicted molar refractivity (Wildman–Crippen MR) is 79.9 cm³/mol. The van der Waals surface area contributed by atoms with E-state index in [0.717, 1.165) is 17.7 Å². The van der Waals surface area contributed by atoms with E-state index in [0.29, 0.717) is 6.61 Å². The molecule has 1 saturated heterocycles. The van der Waals surface area contributed by atoms with E-state index in [1.54, 1.807) is 0 Å². The smallest absolute Gasteiger partial charge is 0.119 e. The van der Waals surface area contributed by atoms with Gasteiger partial charge in [-0.3, -0.25) is 0 Å². The summed E-state index contributed by atoms with van der Waals surface area (Å²) in [6, 6.07) is 7.72. The van der Waals surface area contributed by atoms with Crippen LogP contribution in [0.3, 0.4) is 0 Å². The monoisotopic (exact) mass is 278 g/mol. The first kappa shape index (κ1) is 15.3. The van der Waals surface area contributed by atoms with Gasteiger partial charge in [0.05, 0.1) is 23.9 Å². The number of hydrogen-bond acceptors (Lipinski definition) is 3. The van der Waals surface area contributed by atoms with Gasteiger partial charge in [0, 0.05) is 5.92 Å². The van der Waals surface area contributed by atoms with Crippen molar-refractivity contribution in [1.29, 1.82) is 0 Å². The summed E-state index contributed by atoms with van der Waals surface area (Å²) in [5, 5.41) is 10.7. The summed E-state index contributed by atoms with van der Waals surface area (Å²) in [7, 11) is 0. The van der Waals surface area contributed by atoms with Gasteiger partial charge >= 0.3 is 0 Å². The molecule has 1 aromatic carbocycles. The van der Waals surface area contributed by atoms with Crippen molar-refractivity contribution in [2.24, 2.45) is 5.92 Å². The van der Waals surface area contributed by atoms with E-state index in [4.69, 9.17) is 9.47 Å². The molecule has 1 aromatic rings. The zero-order valence-corrected chi connectivity index (χ0v) is 13.1. The first-order valence-electron chi connectivity index (χ1n) is 7.36. The maximum atomic E-state index is 10.7. The van der Waals surface area contributed by atoms with Crippen molar-refractivity contribution in [3.63, 3.8) is 0 Å². The molecule has 3 heteroatoms. The average molecular weight is 278 g/mol. The molecule has 2 unspecified atom stereocenters. The summed E-state index contributed by atoms with van der Waals surface area (Å²) < 4.78 is 11.6. The third-order valence-corrected chi connectivity index (χ3v) is 4.04. The molecule has 112 valence electrons. The molecule has 0 spiro atoms. The lowest BCUT2D eigenvalue weighted by atomic mass is 9.80. The Bertz CT molecular complexity index is 465. The second kappa shape index (κ2) is 5.38. The van der Waals surface area contributed by atoms with Gasteiger partial charge in [-0.1, -0.05) is 12.1 Å². The van der Waals surface area contributed by atoms with Gasteiger partial charge in [0.2, 0.25) is 0 Å². The minimum Gasteiger partial charge on any atom is -0.494 e. The van der Waals surface area contributed by atoms with Crippen molar-refractivity contribution in [2.75, 3.05) is 6.61 Å². The minimum atomic E-state index is -0.535. The number of aliphatic hydroxyl groups excluding tert-OH is 1. The van der Waals surface area contributed by atoms with Crippen LogP contribution in [0.4, 0.5) is 0 Å². The lowest BCUT2D eigenvalue weighted by molar-refractivity contribution is -0.0880. The van der Waals surface area contributed by atoms with Crippen LogP contribution in [0.5, 0.6) is 5.75 Å². The molecule has 1 fully saturated rings. The Morgan fingerprint density at radius 1 is 1.35 bits per heavy atom. The fourth-order valence-electron chi connectivity index (χ4n) is 3.28. The molecule has 1 aliphatic heterocycles. The molecule has 0 aromatic heterocycles. The van der Waals surface area contributed by atoms with Gasteiger partial charge in [-0.2, -0.15) is 0 Å². The molecule has 0 saturated carbocycles. The Morgan fingerprint density at radius 3 is 2.60 bits per heavy atom. The van der Waals surface area contributed by atoms with Gasteiger partial charge in [0.1, 0.15) is 5.75 Å². The highest BCUT2D eigenvalue weighted by Gasteiger charge is 2.49. The van der Waals surface area contributed by atoms with Gasteiger partial charge in [0.15, 0.2) is 0 Å². The van der Waals surface area contributed by atoms with Crippen molar-refractivity contribution < 1.29 is 14.6 Å². The third-order valence-electron chi connectivity index (χ3n) is 4.04. The molecular formula is C17H26O3. The summed E-state index contributed by atoms with van der Waals surface area (Å²) >= 11 is 0. The van der Waals surface area contributed by atoms with Gasteiger partial charge < -0.3 is 14.6 Å². The molecule has 2 rings (SSSR count). The Labute approximate surface area is 121 Å². The lowest BCUT2D eigenvalue weighted by Crippen LogP contribution is -2.32. The molecule has 0 radical (unpaired) electrons. The molecule has 2 atom stereocenters. The fraction of sp³-hybridized carbons (Fsp3) is 0.647. The molecule has 0 amide bonds. The molecule has 3 nitrogen and oxygen atoms in total. The Balaban J connectivity index is 2.23. The summed E-state index contributed by atoms with van der Waals surface area (Å²) in [4.78, 5) is 0. The van der Waals surface area contributed by atoms with Crippen LogP contribution in [0.25, 0.3) is 0 Å². The highest BCUT2D eigenvalue weighted by Crippen LogP contribution is 2.47. The van der Waals surface area contributed by atoms with E-state index in [-0.39, 0.29) is 17.1 Å². The molecule has 1 heterocycles. The van der Waals surface area contributed by atoms with E-state index < -0.39 is 6.10 Å². The second-order valence-corrected chi connectivity index (χ2v) is 6.73. The van der Waals surface area contributed by atoms with Crippen LogP contribution in [0.1, 0.15) is 52.7 Å². The maximum Gasteiger partial charge on any atom is 0.119 e. The maximum absolute atomic E-state index is 10.7. The Kier molecular flexibility index (Phi) is 4.12. The average Bonchev–Trinajstić information content (AvgIpc) is 2.57. The van der Waals surface area contributed by atoms with Crippen molar-refractivity contribution in [3.05, 3.63) is 29.8 Å². The number of ether oxygens (including phenoxy) is 2. The van der Waals surface area contributed by atoms with E-state index in [1.807, 2.05) is 31.2 Å². The van der Waals surface area contributed by atoms with E-state index >= 15 is 0 Å². The van der Waals surface area contributed by atoms with Crippen LogP contribution in [0, 0.1) is 5.92 Å². The van der Waals surface area contributed by atoms with Crippen LogP contribution in [0.15, 0.2) is 24.3 Å². The first-order chi connectivity index (χ1) is 9.25. The Morgan fingerprint density at radius 2 is 2.05 bits per heavy atom. The third kappa shape index (κ3) is 3.15. The van der Waals surface area contributed by atoms with Crippen LogP contribution in [-0.2, 0) is 4.74 Å². The topological polar surface area (TPSA) is 38.7 Å². The van der Waals surface area contributed by atoms with Gasteiger partial charge in [0.25, 0.3) is 0 Å². The Hall–Kier alpha value is -1.06. The summed E-state index contributed by atoms with van der Waals surface area (Å²) in [6.45, 7) is 10.9. The van der Waals surface area contributed by atoms with Crippen LogP contribution in [0.2, 0.25) is 0 Å². The van der Waals surface area contributed by atoms with Crippen molar-refractivity contribution >= 4 is 0 Å². The van der Waals surface area contributed by atoms with Crippen LogP contribution >= 0.6 is 0 Å². The van der Waals surface area contributed by atoms with Crippen molar-refractivity contribution in [1.82, 2.24) is 0 Å². The van der Waals surface area contributed by atoms with E-state index in [9.17, 15) is 5.11 Å². The van der Waals surface area contributed by atoms with Gasteiger partial charge in [-0.05, 0) is 58.7 Å². The van der Waals surface area contributed by atoms with E-state index in [1.165, 1.54) is 0 Å². The number of hydrogen-bond donors (Lipinski definition) is 1. The SMILES string of the molecule is CCOc1cccc(C(O)C2CC(C)(C)OC2(C)C)c1. The normalized spacial score (nSPS) is 25.4. The van der Waals surface area contributed by atoms with Crippen molar-refractivity contribution in [3.8, 4) is 5.75 Å².